The van der Waals surface area contributed by atoms with Crippen molar-refractivity contribution < 1.29 is 23.6 Å². The first-order valence-corrected chi connectivity index (χ1v) is 7.68. The summed E-state index contributed by atoms with van der Waals surface area (Å²) in [5.41, 5.74) is -0.763. The van der Waals surface area contributed by atoms with E-state index in [4.69, 9.17) is 16.3 Å². The predicted octanol–water partition coefficient (Wildman–Crippen LogP) is 3.63. The highest BCUT2D eigenvalue weighted by Crippen LogP contribution is 2.23. The normalized spacial score (nSPS) is 11.6. The summed E-state index contributed by atoms with van der Waals surface area (Å²) in [4.78, 5) is 33.8. The van der Waals surface area contributed by atoms with Crippen LogP contribution in [0.4, 0.5) is 15.8 Å². The summed E-state index contributed by atoms with van der Waals surface area (Å²) in [6.07, 6.45) is -1.16. The van der Waals surface area contributed by atoms with Crippen molar-refractivity contribution in [3.8, 4) is 0 Å². The van der Waals surface area contributed by atoms with Crippen molar-refractivity contribution in [3.05, 3.63) is 55.5 Å². The molecular weight excluding hydrogens is 363 g/mol. The van der Waals surface area contributed by atoms with Crippen LogP contribution < -0.4 is 5.32 Å². The van der Waals surface area contributed by atoms with Gasteiger partial charge in [0.15, 0.2) is 6.10 Å². The highest BCUT2D eigenvalue weighted by atomic mass is 35.5. The van der Waals surface area contributed by atoms with Crippen LogP contribution in [0.5, 0.6) is 0 Å². The van der Waals surface area contributed by atoms with Crippen molar-refractivity contribution in [2.45, 2.75) is 13.0 Å². The van der Waals surface area contributed by atoms with E-state index in [-0.39, 0.29) is 10.6 Å². The zero-order valence-electron chi connectivity index (χ0n) is 12.1. The van der Waals surface area contributed by atoms with Gasteiger partial charge in [0.2, 0.25) is 5.82 Å². The number of carbonyl (C=O) groups excluding carboxylic acids is 2. The lowest BCUT2D eigenvalue weighted by Gasteiger charge is -2.13. The SMILES string of the molecule is CC(OC(=O)c1ccc(Cl)s1)C(=O)Nc1ccc(F)c([N+](=O)[O-])c1. The van der Waals surface area contributed by atoms with Crippen LogP contribution in [0.15, 0.2) is 30.3 Å². The molecule has 0 spiro atoms. The molecule has 1 aromatic heterocycles. The highest BCUT2D eigenvalue weighted by Gasteiger charge is 2.21. The Balaban J connectivity index is 2.02. The van der Waals surface area contributed by atoms with Crippen molar-refractivity contribution in [1.82, 2.24) is 0 Å². The van der Waals surface area contributed by atoms with Crippen LogP contribution in [-0.2, 0) is 9.53 Å². The Morgan fingerprint density at radius 2 is 2.08 bits per heavy atom. The molecular formula is C14H10ClFN2O5S. The van der Waals surface area contributed by atoms with E-state index in [1.165, 1.54) is 19.1 Å². The maximum absolute atomic E-state index is 13.2. The maximum Gasteiger partial charge on any atom is 0.349 e. The lowest BCUT2D eigenvalue weighted by atomic mass is 10.2. The third-order valence-corrected chi connectivity index (χ3v) is 4.05. The summed E-state index contributed by atoms with van der Waals surface area (Å²) in [5.74, 6) is -2.46. The molecule has 10 heteroatoms. The Hall–Kier alpha value is -2.52. The second kappa shape index (κ2) is 7.37. The topological polar surface area (TPSA) is 98.5 Å². The van der Waals surface area contributed by atoms with Gasteiger partial charge >= 0.3 is 11.7 Å². The second-order valence-corrected chi connectivity index (χ2v) is 6.28. The molecule has 0 saturated carbocycles. The Morgan fingerprint density at radius 3 is 2.67 bits per heavy atom. The van der Waals surface area contributed by atoms with Gasteiger partial charge in [-0.1, -0.05) is 11.6 Å². The molecule has 0 radical (unpaired) electrons. The molecule has 0 aliphatic rings. The number of hydrogen-bond donors (Lipinski definition) is 1. The average molecular weight is 373 g/mol. The number of nitro groups is 1. The number of rotatable bonds is 5. The van der Waals surface area contributed by atoms with Crippen molar-refractivity contribution in [1.29, 1.82) is 0 Å². The smallest absolute Gasteiger partial charge is 0.349 e. The van der Waals surface area contributed by atoms with Gasteiger partial charge in [-0.15, -0.1) is 11.3 Å². The molecule has 1 unspecified atom stereocenters. The molecule has 1 atom stereocenters. The molecule has 24 heavy (non-hydrogen) atoms. The van der Waals surface area contributed by atoms with Gasteiger partial charge < -0.3 is 10.1 Å². The largest absolute Gasteiger partial charge is 0.448 e. The summed E-state index contributed by atoms with van der Waals surface area (Å²) in [6, 6.07) is 5.88. The second-order valence-electron chi connectivity index (χ2n) is 4.56. The molecule has 1 aromatic carbocycles. The molecule has 1 amide bonds. The lowest BCUT2D eigenvalue weighted by Crippen LogP contribution is -2.29. The maximum atomic E-state index is 13.2. The number of ether oxygens (including phenoxy) is 1. The standard InChI is InChI=1S/C14H10ClFN2O5S/c1-7(23-14(20)11-4-5-12(15)24-11)13(19)17-8-2-3-9(16)10(6-8)18(21)22/h2-7H,1H3,(H,17,19). The number of esters is 1. The molecule has 2 rings (SSSR count). The van der Waals surface area contributed by atoms with Crippen molar-refractivity contribution in [2.75, 3.05) is 5.32 Å². The Bertz CT molecular complexity index is 810. The van der Waals surface area contributed by atoms with E-state index < -0.39 is 34.4 Å². The Labute approximate surface area is 144 Å². The van der Waals surface area contributed by atoms with Gasteiger partial charge in [-0.05, 0) is 31.2 Å². The minimum atomic E-state index is -1.16. The zero-order valence-corrected chi connectivity index (χ0v) is 13.7. The van der Waals surface area contributed by atoms with Gasteiger partial charge in [-0.25, -0.2) is 4.79 Å². The van der Waals surface area contributed by atoms with Crippen LogP contribution in [0.3, 0.4) is 0 Å². The van der Waals surface area contributed by atoms with Crippen LogP contribution in [-0.4, -0.2) is 22.9 Å². The van der Waals surface area contributed by atoms with Crippen molar-refractivity contribution in [2.24, 2.45) is 0 Å². The summed E-state index contributed by atoms with van der Waals surface area (Å²) in [7, 11) is 0. The molecule has 0 fully saturated rings. The summed E-state index contributed by atoms with van der Waals surface area (Å²) in [6.45, 7) is 1.33. The monoisotopic (exact) mass is 372 g/mol. The molecule has 1 heterocycles. The number of thiophene rings is 1. The predicted molar refractivity (Wildman–Crippen MR) is 85.9 cm³/mol. The molecule has 0 aliphatic heterocycles. The third kappa shape index (κ3) is 4.27. The van der Waals surface area contributed by atoms with Crippen LogP contribution in [0.2, 0.25) is 4.34 Å². The van der Waals surface area contributed by atoms with E-state index in [2.05, 4.69) is 5.32 Å². The van der Waals surface area contributed by atoms with Crippen molar-refractivity contribution in [3.63, 3.8) is 0 Å². The van der Waals surface area contributed by atoms with Crippen molar-refractivity contribution >= 4 is 46.2 Å². The first-order chi connectivity index (χ1) is 11.3. The average Bonchev–Trinajstić information content (AvgIpc) is 2.95. The molecule has 0 aliphatic carbocycles. The quantitative estimate of drug-likeness (QED) is 0.491. The first kappa shape index (κ1) is 17.8. The molecule has 7 nitrogen and oxygen atoms in total. The van der Waals surface area contributed by atoms with E-state index in [9.17, 15) is 24.1 Å². The van der Waals surface area contributed by atoms with E-state index >= 15 is 0 Å². The van der Waals surface area contributed by atoms with E-state index in [0.29, 0.717) is 4.34 Å². The fourth-order valence-electron chi connectivity index (χ4n) is 1.67. The van der Waals surface area contributed by atoms with E-state index in [1.807, 2.05) is 0 Å². The number of hydrogen-bond acceptors (Lipinski definition) is 6. The molecule has 0 bridgehead atoms. The molecule has 2 aromatic rings. The molecule has 0 saturated heterocycles. The summed E-state index contributed by atoms with van der Waals surface area (Å²) in [5, 5.41) is 13.0. The lowest BCUT2D eigenvalue weighted by molar-refractivity contribution is -0.387. The molecule has 126 valence electrons. The third-order valence-electron chi connectivity index (χ3n) is 2.84. The number of benzene rings is 1. The molecule has 1 N–H and O–H groups in total. The van der Waals surface area contributed by atoms with Gasteiger partial charge in [-0.3, -0.25) is 14.9 Å². The van der Waals surface area contributed by atoms with E-state index in [0.717, 1.165) is 29.5 Å². The Kier molecular flexibility index (Phi) is 5.47. The van der Waals surface area contributed by atoms with Gasteiger partial charge in [0.05, 0.1) is 9.26 Å². The number of anilines is 1. The fourth-order valence-corrected chi connectivity index (χ4v) is 2.60. The number of nitrogens with zero attached hydrogens (tertiary/aromatic N) is 1. The van der Waals surface area contributed by atoms with Gasteiger partial charge in [0.25, 0.3) is 5.91 Å². The number of halogens is 2. The van der Waals surface area contributed by atoms with Crippen LogP contribution in [0, 0.1) is 15.9 Å². The fraction of sp³-hybridized carbons (Fsp3) is 0.143. The minimum absolute atomic E-state index is 0.00941. The Morgan fingerprint density at radius 1 is 1.38 bits per heavy atom. The van der Waals surface area contributed by atoms with Gasteiger partial charge in [0, 0.05) is 11.8 Å². The summed E-state index contributed by atoms with van der Waals surface area (Å²) >= 11 is 6.71. The van der Waals surface area contributed by atoms with Crippen LogP contribution >= 0.6 is 22.9 Å². The van der Waals surface area contributed by atoms with Gasteiger partial charge in [-0.2, -0.15) is 4.39 Å². The van der Waals surface area contributed by atoms with Crippen LogP contribution in [0.25, 0.3) is 0 Å². The van der Waals surface area contributed by atoms with Gasteiger partial charge in [0.1, 0.15) is 4.88 Å². The first-order valence-electron chi connectivity index (χ1n) is 6.49. The van der Waals surface area contributed by atoms with E-state index in [1.54, 1.807) is 0 Å². The summed E-state index contributed by atoms with van der Waals surface area (Å²) < 4.78 is 18.6. The number of amides is 1. The number of nitro benzene ring substituents is 1. The zero-order chi connectivity index (χ0) is 17.9. The van der Waals surface area contributed by atoms with Crippen LogP contribution in [0.1, 0.15) is 16.6 Å². The minimum Gasteiger partial charge on any atom is -0.448 e. The highest BCUT2D eigenvalue weighted by molar-refractivity contribution is 7.17. The number of carbonyl (C=O) groups is 2. The number of nitrogens with one attached hydrogen (secondary N) is 1.